The molecule has 0 spiro atoms. The maximum Gasteiger partial charge on any atom is 0.106 e. The van der Waals surface area contributed by atoms with E-state index in [0.717, 1.165) is 23.3 Å². The Morgan fingerprint density at radius 3 is 2.36 bits per heavy atom. The predicted molar refractivity (Wildman–Crippen MR) is 61.4 cm³/mol. The number of hydrogen-bond acceptors (Lipinski definition) is 1. The number of aromatic nitrogens is 2. The van der Waals surface area contributed by atoms with Crippen molar-refractivity contribution in [2.75, 3.05) is 0 Å². The average Bonchev–Trinajstić information content (AvgIpc) is 2.61. The SMILES string of the molecule is CCC.CCc1nc2ccccc2[nH]1. The number of benzene rings is 1. The van der Waals surface area contributed by atoms with E-state index in [4.69, 9.17) is 0 Å². The molecule has 0 aliphatic carbocycles. The minimum atomic E-state index is 0.967. The Kier molecular flexibility index (Phi) is 4.17. The Morgan fingerprint density at radius 1 is 1.14 bits per heavy atom. The molecule has 2 heteroatoms. The second kappa shape index (κ2) is 5.43. The number of para-hydroxylation sites is 2. The first-order valence-electron chi connectivity index (χ1n) is 5.25. The van der Waals surface area contributed by atoms with Crippen LogP contribution in [0.4, 0.5) is 0 Å². The molecule has 1 heterocycles. The zero-order valence-corrected chi connectivity index (χ0v) is 9.17. The fraction of sp³-hybridized carbons (Fsp3) is 0.417. The van der Waals surface area contributed by atoms with Crippen LogP contribution in [0.2, 0.25) is 0 Å². The maximum atomic E-state index is 4.38. The number of aryl methyl sites for hydroxylation is 1. The fourth-order valence-electron chi connectivity index (χ4n) is 1.17. The van der Waals surface area contributed by atoms with Crippen LogP contribution in [0.3, 0.4) is 0 Å². The highest BCUT2D eigenvalue weighted by Crippen LogP contribution is 2.09. The van der Waals surface area contributed by atoms with E-state index >= 15 is 0 Å². The van der Waals surface area contributed by atoms with Crippen molar-refractivity contribution >= 4 is 11.0 Å². The lowest BCUT2D eigenvalue weighted by atomic mass is 10.3. The minimum Gasteiger partial charge on any atom is -0.342 e. The maximum absolute atomic E-state index is 4.38. The van der Waals surface area contributed by atoms with Gasteiger partial charge in [-0.15, -0.1) is 0 Å². The smallest absolute Gasteiger partial charge is 0.106 e. The molecule has 14 heavy (non-hydrogen) atoms. The molecular weight excluding hydrogens is 172 g/mol. The van der Waals surface area contributed by atoms with Gasteiger partial charge >= 0.3 is 0 Å². The van der Waals surface area contributed by atoms with Crippen molar-refractivity contribution in [2.45, 2.75) is 33.6 Å². The predicted octanol–water partition coefficient (Wildman–Crippen LogP) is 3.54. The number of H-pyrrole nitrogens is 1. The highest BCUT2D eigenvalue weighted by molar-refractivity contribution is 5.74. The first-order valence-corrected chi connectivity index (χ1v) is 5.25. The standard InChI is InChI=1S/C9H10N2.C3H8/c1-2-9-10-7-5-3-4-6-8(7)11-9;1-3-2/h3-6H,2H2,1H3,(H,10,11);3H2,1-2H3. The number of imidazole rings is 1. The van der Waals surface area contributed by atoms with E-state index < -0.39 is 0 Å². The number of nitrogens with one attached hydrogen (secondary N) is 1. The van der Waals surface area contributed by atoms with Gasteiger partial charge in [-0.3, -0.25) is 0 Å². The monoisotopic (exact) mass is 190 g/mol. The van der Waals surface area contributed by atoms with Gasteiger partial charge in [0.05, 0.1) is 11.0 Å². The molecule has 0 radical (unpaired) electrons. The molecule has 1 aromatic carbocycles. The Bertz CT molecular complexity index is 343. The van der Waals surface area contributed by atoms with Gasteiger partial charge in [-0.2, -0.15) is 0 Å². The van der Waals surface area contributed by atoms with Crippen LogP contribution in [0.5, 0.6) is 0 Å². The van der Waals surface area contributed by atoms with Crippen LogP contribution in [0.25, 0.3) is 11.0 Å². The third-order valence-corrected chi connectivity index (χ3v) is 1.77. The molecule has 0 unspecified atom stereocenters. The molecule has 1 aromatic heterocycles. The second-order valence-electron chi connectivity index (χ2n) is 3.26. The third kappa shape index (κ3) is 2.59. The van der Waals surface area contributed by atoms with Gasteiger partial charge in [0.1, 0.15) is 5.82 Å². The van der Waals surface area contributed by atoms with Crippen molar-refractivity contribution in [1.82, 2.24) is 9.97 Å². The van der Waals surface area contributed by atoms with E-state index in [-0.39, 0.29) is 0 Å². The topological polar surface area (TPSA) is 28.7 Å². The lowest BCUT2D eigenvalue weighted by molar-refractivity contribution is 1.00. The summed E-state index contributed by atoms with van der Waals surface area (Å²) in [7, 11) is 0. The van der Waals surface area contributed by atoms with E-state index in [2.05, 4.69) is 30.7 Å². The molecule has 76 valence electrons. The number of aromatic amines is 1. The summed E-state index contributed by atoms with van der Waals surface area (Å²) in [6.45, 7) is 6.34. The number of rotatable bonds is 1. The van der Waals surface area contributed by atoms with Crippen molar-refractivity contribution < 1.29 is 0 Å². The average molecular weight is 190 g/mol. The van der Waals surface area contributed by atoms with Crippen LogP contribution in [0, 0.1) is 0 Å². The Labute approximate surface area is 85.4 Å². The van der Waals surface area contributed by atoms with Crippen LogP contribution < -0.4 is 0 Å². The van der Waals surface area contributed by atoms with Crippen molar-refractivity contribution in [2.24, 2.45) is 0 Å². The van der Waals surface area contributed by atoms with Crippen LogP contribution in [0.15, 0.2) is 24.3 Å². The van der Waals surface area contributed by atoms with Crippen molar-refractivity contribution in [3.05, 3.63) is 30.1 Å². The quantitative estimate of drug-likeness (QED) is 0.732. The lowest BCUT2D eigenvalue weighted by Crippen LogP contribution is -1.79. The number of hydrogen-bond donors (Lipinski definition) is 1. The Morgan fingerprint density at radius 2 is 1.79 bits per heavy atom. The summed E-state index contributed by atoms with van der Waals surface area (Å²) in [4.78, 5) is 7.61. The van der Waals surface area contributed by atoms with Crippen LogP contribution in [0.1, 0.15) is 33.0 Å². The van der Waals surface area contributed by atoms with Gasteiger partial charge in [0.15, 0.2) is 0 Å². The molecule has 2 aromatic rings. The second-order valence-corrected chi connectivity index (χ2v) is 3.26. The first kappa shape index (κ1) is 10.8. The van der Waals surface area contributed by atoms with Gasteiger partial charge in [-0.25, -0.2) is 4.98 Å². The van der Waals surface area contributed by atoms with E-state index in [1.807, 2.05) is 24.3 Å². The molecular formula is C12H18N2. The number of fused-ring (bicyclic) bond motifs is 1. The van der Waals surface area contributed by atoms with Gasteiger partial charge in [0.25, 0.3) is 0 Å². The molecule has 0 amide bonds. The lowest BCUT2D eigenvalue weighted by Gasteiger charge is -1.82. The molecule has 0 fully saturated rings. The zero-order chi connectivity index (χ0) is 10.4. The summed E-state index contributed by atoms with van der Waals surface area (Å²) in [6.07, 6.45) is 2.22. The van der Waals surface area contributed by atoms with Crippen LogP contribution in [-0.2, 0) is 6.42 Å². The van der Waals surface area contributed by atoms with E-state index in [1.165, 1.54) is 6.42 Å². The van der Waals surface area contributed by atoms with Crippen molar-refractivity contribution in [1.29, 1.82) is 0 Å². The molecule has 2 nitrogen and oxygen atoms in total. The minimum absolute atomic E-state index is 0.967. The summed E-state index contributed by atoms with van der Waals surface area (Å²) in [5, 5.41) is 0. The van der Waals surface area contributed by atoms with Crippen LogP contribution in [-0.4, -0.2) is 9.97 Å². The fourth-order valence-corrected chi connectivity index (χ4v) is 1.17. The zero-order valence-electron chi connectivity index (χ0n) is 9.17. The molecule has 0 aliphatic rings. The molecule has 0 aliphatic heterocycles. The number of nitrogens with zero attached hydrogens (tertiary/aromatic N) is 1. The van der Waals surface area contributed by atoms with Gasteiger partial charge in [0.2, 0.25) is 0 Å². The van der Waals surface area contributed by atoms with Gasteiger partial charge in [-0.05, 0) is 12.1 Å². The molecule has 0 atom stereocenters. The summed E-state index contributed by atoms with van der Waals surface area (Å²) < 4.78 is 0. The summed E-state index contributed by atoms with van der Waals surface area (Å²) in [6, 6.07) is 8.08. The molecule has 0 saturated carbocycles. The summed E-state index contributed by atoms with van der Waals surface area (Å²) in [5.74, 6) is 1.06. The molecule has 1 N–H and O–H groups in total. The third-order valence-electron chi connectivity index (χ3n) is 1.77. The Hall–Kier alpha value is -1.31. The first-order chi connectivity index (χ1) is 6.81. The van der Waals surface area contributed by atoms with Crippen molar-refractivity contribution in [3.63, 3.8) is 0 Å². The van der Waals surface area contributed by atoms with Crippen molar-refractivity contribution in [3.8, 4) is 0 Å². The largest absolute Gasteiger partial charge is 0.342 e. The molecule has 2 rings (SSSR count). The van der Waals surface area contributed by atoms with Crippen LogP contribution >= 0.6 is 0 Å². The summed E-state index contributed by atoms with van der Waals surface area (Å²) >= 11 is 0. The van der Waals surface area contributed by atoms with Gasteiger partial charge in [0, 0.05) is 6.42 Å². The molecule has 0 bridgehead atoms. The molecule has 0 saturated heterocycles. The Balaban J connectivity index is 0.000000293. The highest BCUT2D eigenvalue weighted by Gasteiger charge is 1.97. The summed E-state index contributed by atoms with van der Waals surface area (Å²) in [5.41, 5.74) is 2.19. The van der Waals surface area contributed by atoms with E-state index in [0.29, 0.717) is 0 Å². The van der Waals surface area contributed by atoms with E-state index in [1.54, 1.807) is 0 Å². The van der Waals surface area contributed by atoms with E-state index in [9.17, 15) is 0 Å². The normalized spacial score (nSPS) is 9.64. The van der Waals surface area contributed by atoms with Gasteiger partial charge in [-0.1, -0.05) is 39.3 Å². The highest BCUT2D eigenvalue weighted by atomic mass is 14.9. The van der Waals surface area contributed by atoms with Gasteiger partial charge < -0.3 is 4.98 Å².